The predicted octanol–water partition coefficient (Wildman–Crippen LogP) is 0.461. The Morgan fingerprint density at radius 1 is 1.77 bits per heavy atom. The minimum atomic E-state index is 0.233. The zero-order valence-corrected chi connectivity index (χ0v) is 7.75. The fraction of sp³-hybridized carbons (Fsp3) is 0.556. The minimum Gasteiger partial charge on any atom is -0.387 e. The molecule has 0 fully saturated rings. The van der Waals surface area contributed by atoms with Gasteiger partial charge in [-0.15, -0.1) is 0 Å². The first kappa shape index (κ1) is 8.29. The fourth-order valence-electron chi connectivity index (χ4n) is 1.95. The Labute approximate surface area is 77.2 Å². The van der Waals surface area contributed by atoms with Crippen molar-refractivity contribution in [3.05, 3.63) is 17.5 Å². The van der Waals surface area contributed by atoms with E-state index in [9.17, 15) is 0 Å². The van der Waals surface area contributed by atoms with E-state index in [1.54, 1.807) is 0 Å². The van der Waals surface area contributed by atoms with Gasteiger partial charge in [-0.2, -0.15) is 5.10 Å². The van der Waals surface area contributed by atoms with Crippen molar-refractivity contribution in [1.82, 2.24) is 9.78 Å². The highest BCUT2D eigenvalue weighted by atomic mass is 15.3. The van der Waals surface area contributed by atoms with Crippen LogP contribution in [0.3, 0.4) is 0 Å². The van der Waals surface area contributed by atoms with Gasteiger partial charge in [-0.25, -0.2) is 0 Å². The molecule has 1 heterocycles. The number of nitrogens with zero attached hydrogens (tertiary/aromatic N) is 2. The second-order valence-corrected chi connectivity index (χ2v) is 3.64. The molecule has 3 N–H and O–H groups in total. The third kappa shape index (κ3) is 1.32. The molecular weight excluding hydrogens is 164 g/mol. The lowest BCUT2D eigenvalue weighted by atomic mass is 9.87. The molecule has 70 valence electrons. The predicted molar refractivity (Wildman–Crippen MR) is 50.6 cm³/mol. The van der Waals surface area contributed by atoms with E-state index < -0.39 is 0 Å². The van der Waals surface area contributed by atoms with Crippen LogP contribution >= 0.6 is 0 Å². The minimum absolute atomic E-state index is 0.233. The number of rotatable bonds is 1. The van der Waals surface area contributed by atoms with Gasteiger partial charge in [0.05, 0.1) is 12.0 Å². The van der Waals surface area contributed by atoms with E-state index in [1.165, 1.54) is 11.3 Å². The molecule has 1 atom stereocenters. The van der Waals surface area contributed by atoms with Crippen molar-refractivity contribution in [3.8, 4) is 0 Å². The van der Waals surface area contributed by atoms with Gasteiger partial charge in [0.2, 0.25) is 0 Å². The molecule has 13 heavy (non-hydrogen) atoms. The summed E-state index contributed by atoms with van der Waals surface area (Å²) in [5.41, 5.74) is 8.05. The lowest BCUT2D eigenvalue weighted by Crippen LogP contribution is -2.28. The van der Waals surface area contributed by atoms with Crippen LogP contribution in [0.1, 0.15) is 17.7 Å². The maximum atomic E-state index is 7.39. The summed E-state index contributed by atoms with van der Waals surface area (Å²) in [6, 6.07) is 0. The van der Waals surface area contributed by atoms with Crippen molar-refractivity contribution in [2.24, 2.45) is 18.7 Å². The molecule has 1 aromatic rings. The summed E-state index contributed by atoms with van der Waals surface area (Å²) in [7, 11) is 1.97. The molecule has 0 spiro atoms. The molecule has 1 aliphatic carbocycles. The lowest BCUT2D eigenvalue weighted by Gasteiger charge is -2.20. The first-order valence-electron chi connectivity index (χ1n) is 4.52. The topological polar surface area (TPSA) is 67.7 Å². The molecule has 0 amide bonds. The molecule has 0 aromatic carbocycles. The maximum Gasteiger partial charge on any atom is 0.0940 e. The van der Waals surface area contributed by atoms with Gasteiger partial charge in [0.25, 0.3) is 0 Å². The molecular formula is C9H14N4. The standard InChI is InChI=1S/C9H14N4/c1-13-8-3-2-6(9(10)11)4-7(8)5-12-13/h5-6H,2-4H2,1H3,(H3,10,11)/t6-/m1/s1. The smallest absolute Gasteiger partial charge is 0.0940 e. The van der Waals surface area contributed by atoms with Gasteiger partial charge in [0.15, 0.2) is 0 Å². The summed E-state index contributed by atoms with van der Waals surface area (Å²) in [6.07, 6.45) is 4.76. The average molecular weight is 178 g/mol. The van der Waals surface area contributed by atoms with Gasteiger partial charge in [-0.05, 0) is 24.8 Å². The van der Waals surface area contributed by atoms with Crippen LogP contribution in [-0.4, -0.2) is 15.6 Å². The maximum absolute atomic E-state index is 7.39. The molecule has 1 aliphatic rings. The van der Waals surface area contributed by atoms with Crippen LogP contribution in [0.4, 0.5) is 0 Å². The quantitative estimate of drug-likeness (QED) is 0.484. The zero-order chi connectivity index (χ0) is 9.42. The average Bonchev–Trinajstić information content (AvgIpc) is 2.47. The summed E-state index contributed by atoms with van der Waals surface area (Å²) in [4.78, 5) is 0. The van der Waals surface area contributed by atoms with Crippen LogP contribution in [0, 0.1) is 11.3 Å². The first-order chi connectivity index (χ1) is 6.18. The highest BCUT2D eigenvalue weighted by Crippen LogP contribution is 2.24. The summed E-state index contributed by atoms with van der Waals surface area (Å²) in [6.45, 7) is 0. The highest BCUT2D eigenvalue weighted by molar-refractivity contribution is 5.80. The van der Waals surface area contributed by atoms with Crippen LogP contribution in [0.25, 0.3) is 0 Å². The highest BCUT2D eigenvalue weighted by Gasteiger charge is 2.22. The van der Waals surface area contributed by atoms with Crippen LogP contribution in [0.15, 0.2) is 6.20 Å². The number of nitrogens with one attached hydrogen (secondary N) is 1. The molecule has 4 heteroatoms. The number of nitrogens with two attached hydrogens (primary N) is 1. The number of amidine groups is 1. The monoisotopic (exact) mass is 178 g/mol. The van der Waals surface area contributed by atoms with Crippen LogP contribution < -0.4 is 5.73 Å². The van der Waals surface area contributed by atoms with Crippen LogP contribution in [0.5, 0.6) is 0 Å². The summed E-state index contributed by atoms with van der Waals surface area (Å²) >= 11 is 0. The molecule has 4 nitrogen and oxygen atoms in total. The Balaban J connectivity index is 2.25. The Morgan fingerprint density at radius 3 is 3.23 bits per heavy atom. The van der Waals surface area contributed by atoms with Crippen molar-refractivity contribution >= 4 is 5.84 Å². The second-order valence-electron chi connectivity index (χ2n) is 3.64. The summed E-state index contributed by atoms with van der Waals surface area (Å²) in [5.74, 6) is 0.547. The van der Waals surface area contributed by atoms with Crippen LogP contribution in [-0.2, 0) is 19.9 Å². The normalized spacial score (nSPS) is 21.2. The van der Waals surface area contributed by atoms with E-state index in [0.29, 0.717) is 5.84 Å². The van der Waals surface area contributed by atoms with Gasteiger partial charge >= 0.3 is 0 Å². The lowest BCUT2D eigenvalue weighted by molar-refractivity contribution is 0.551. The number of hydrogen-bond acceptors (Lipinski definition) is 2. The van der Waals surface area contributed by atoms with Crippen molar-refractivity contribution in [2.75, 3.05) is 0 Å². The number of fused-ring (bicyclic) bond motifs is 1. The first-order valence-corrected chi connectivity index (χ1v) is 4.52. The van der Waals surface area contributed by atoms with E-state index >= 15 is 0 Å². The van der Waals surface area contributed by atoms with Gasteiger partial charge in [0, 0.05) is 18.7 Å². The third-order valence-corrected chi connectivity index (χ3v) is 2.78. The van der Waals surface area contributed by atoms with Crippen molar-refractivity contribution in [1.29, 1.82) is 5.41 Å². The number of aromatic nitrogens is 2. The fourth-order valence-corrected chi connectivity index (χ4v) is 1.95. The van der Waals surface area contributed by atoms with Crippen molar-refractivity contribution < 1.29 is 0 Å². The van der Waals surface area contributed by atoms with Gasteiger partial charge in [-0.3, -0.25) is 10.1 Å². The Morgan fingerprint density at radius 2 is 2.54 bits per heavy atom. The van der Waals surface area contributed by atoms with Crippen molar-refractivity contribution in [2.45, 2.75) is 19.3 Å². The zero-order valence-electron chi connectivity index (χ0n) is 7.75. The second kappa shape index (κ2) is 2.87. The third-order valence-electron chi connectivity index (χ3n) is 2.78. The molecule has 1 aromatic heterocycles. The number of hydrogen-bond donors (Lipinski definition) is 2. The van der Waals surface area contributed by atoms with E-state index in [2.05, 4.69) is 5.10 Å². The molecule has 0 saturated carbocycles. The van der Waals surface area contributed by atoms with Gasteiger partial charge in [0.1, 0.15) is 0 Å². The molecule has 0 bridgehead atoms. The number of aryl methyl sites for hydroxylation is 1. The molecule has 0 aliphatic heterocycles. The van der Waals surface area contributed by atoms with E-state index in [-0.39, 0.29) is 5.92 Å². The SMILES string of the molecule is Cn1ncc2c1CC[C@@H](C(=N)N)C2. The van der Waals surface area contributed by atoms with E-state index in [0.717, 1.165) is 19.3 Å². The molecule has 0 unspecified atom stereocenters. The Hall–Kier alpha value is -1.32. The summed E-state index contributed by atoms with van der Waals surface area (Å²) < 4.78 is 1.92. The van der Waals surface area contributed by atoms with Crippen molar-refractivity contribution in [3.63, 3.8) is 0 Å². The van der Waals surface area contributed by atoms with Gasteiger partial charge in [-0.1, -0.05) is 0 Å². The molecule has 2 rings (SSSR count). The van der Waals surface area contributed by atoms with E-state index in [4.69, 9.17) is 11.1 Å². The molecule has 0 radical (unpaired) electrons. The Bertz CT molecular complexity index is 339. The van der Waals surface area contributed by atoms with Gasteiger partial charge < -0.3 is 5.73 Å². The van der Waals surface area contributed by atoms with E-state index in [1.807, 2.05) is 17.9 Å². The van der Waals surface area contributed by atoms with Crippen LogP contribution in [0.2, 0.25) is 0 Å². The largest absolute Gasteiger partial charge is 0.387 e. The summed E-state index contributed by atoms with van der Waals surface area (Å²) in [5, 5.41) is 11.6. The molecule has 0 saturated heterocycles. The Kier molecular flexibility index (Phi) is 1.83.